The summed E-state index contributed by atoms with van der Waals surface area (Å²) in [6.45, 7) is 0. The van der Waals surface area contributed by atoms with Gasteiger partial charge in [-0.2, -0.15) is 9.97 Å². The topological polar surface area (TPSA) is 69.6 Å². The van der Waals surface area contributed by atoms with Gasteiger partial charge in [0.05, 0.1) is 17.0 Å². The molecule has 0 aliphatic heterocycles. The van der Waals surface area contributed by atoms with Crippen molar-refractivity contribution in [3.63, 3.8) is 0 Å². The number of hydrogen-bond donors (Lipinski definition) is 0. The molecule has 9 aromatic carbocycles. The summed E-state index contributed by atoms with van der Waals surface area (Å²) >= 11 is 0. The Hall–Kier alpha value is -8.48. The molecule has 0 saturated carbocycles. The molecular weight excluding hydrogens is 783 g/mol. The first-order chi connectivity index (χ1) is 31.7. The first-order valence-corrected chi connectivity index (χ1v) is 21.7. The van der Waals surface area contributed by atoms with Crippen LogP contribution in [0.4, 0.5) is 0 Å². The van der Waals surface area contributed by atoms with Crippen LogP contribution in [0.1, 0.15) is 22.9 Å². The van der Waals surface area contributed by atoms with Crippen LogP contribution in [0.5, 0.6) is 0 Å². The molecule has 64 heavy (non-hydrogen) atoms. The normalized spacial score (nSPS) is 13.4. The second-order valence-corrected chi connectivity index (χ2v) is 16.5. The van der Waals surface area contributed by atoms with E-state index in [0.29, 0.717) is 29.9 Å². The SMILES string of the molecule is c1ccc(-c2cccc(-c3nc(-c4cccc(-c5ccccc5)c4)nc(-n4c5ccccc5c5ccc6c(c54)CC(c4nc5ccc7ccccc7c5o4)c4ccccc4-6)n3)c2)cc1. The summed E-state index contributed by atoms with van der Waals surface area (Å²) in [5, 5.41) is 4.46. The van der Waals surface area contributed by atoms with Crippen molar-refractivity contribution in [1.29, 1.82) is 0 Å². The minimum absolute atomic E-state index is 0.127. The van der Waals surface area contributed by atoms with Crippen LogP contribution in [-0.4, -0.2) is 24.5 Å². The van der Waals surface area contributed by atoms with Gasteiger partial charge in [0.2, 0.25) is 11.8 Å². The third-order valence-corrected chi connectivity index (χ3v) is 12.8. The van der Waals surface area contributed by atoms with E-state index in [2.05, 4.69) is 199 Å². The molecule has 0 radical (unpaired) electrons. The molecule has 3 aromatic heterocycles. The lowest BCUT2D eigenvalue weighted by Crippen LogP contribution is -2.15. The molecule has 6 nitrogen and oxygen atoms in total. The Morgan fingerprint density at radius 3 is 1.78 bits per heavy atom. The van der Waals surface area contributed by atoms with Gasteiger partial charge in [-0.05, 0) is 80.6 Å². The summed E-state index contributed by atoms with van der Waals surface area (Å²) < 4.78 is 9.11. The number of para-hydroxylation sites is 1. The molecule has 0 N–H and O–H groups in total. The maximum atomic E-state index is 6.84. The lowest BCUT2D eigenvalue weighted by molar-refractivity contribution is 0.498. The van der Waals surface area contributed by atoms with Gasteiger partial charge in [0.1, 0.15) is 5.52 Å². The van der Waals surface area contributed by atoms with Gasteiger partial charge in [-0.1, -0.05) is 182 Å². The molecule has 0 amide bonds. The molecule has 1 unspecified atom stereocenters. The fourth-order valence-electron chi connectivity index (χ4n) is 9.85. The summed E-state index contributed by atoms with van der Waals surface area (Å²) in [6, 6.07) is 72.3. The Bertz CT molecular complexity index is 3680. The molecule has 6 heteroatoms. The second-order valence-electron chi connectivity index (χ2n) is 16.5. The van der Waals surface area contributed by atoms with Gasteiger partial charge in [-0.15, -0.1) is 0 Å². The zero-order valence-corrected chi connectivity index (χ0v) is 34.6. The van der Waals surface area contributed by atoms with Crippen molar-refractivity contribution in [2.24, 2.45) is 0 Å². The third-order valence-electron chi connectivity index (χ3n) is 12.8. The Labute approximate surface area is 368 Å². The maximum Gasteiger partial charge on any atom is 0.238 e. The number of nitrogens with zero attached hydrogens (tertiary/aromatic N) is 5. The number of hydrogen-bond acceptors (Lipinski definition) is 5. The van der Waals surface area contributed by atoms with Crippen LogP contribution in [0.2, 0.25) is 0 Å². The Morgan fingerprint density at radius 2 is 1.05 bits per heavy atom. The van der Waals surface area contributed by atoms with Crippen molar-refractivity contribution < 1.29 is 4.42 Å². The van der Waals surface area contributed by atoms with Crippen LogP contribution in [0, 0.1) is 0 Å². The van der Waals surface area contributed by atoms with Crippen molar-refractivity contribution in [3.8, 4) is 62.1 Å². The van der Waals surface area contributed by atoms with E-state index in [1.807, 2.05) is 12.1 Å². The van der Waals surface area contributed by atoms with Crippen molar-refractivity contribution in [3.05, 3.63) is 223 Å². The molecule has 0 saturated heterocycles. The zero-order chi connectivity index (χ0) is 42.1. The molecule has 0 spiro atoms. The molecule has 300 valence electrons. The predicted octanol–water partition coefficient (Wildman–Crippen LogP) is 14.3. The minimum Gasteiger partial charge on any atom is -0.439 e. The molecule has 12 aromatic rings. The van der Waals surface area contributed by atoms with Crippen LogP contribution in [-0.2, 0) is 6.42 Å². The van der Waals surface area contributed by atoms with E-state index >= 15 is 0 Å². The Balaban J connectivity index is 1.06. The van der Waals surface area contributed by atoms with Gasteiger partial charge in [0.25, 0.3) is 0 Å². The highest BCUT2D eigenvalue weighted by Crippen LogP contribution is 2.48. The van der Waals surface area contributed by atoms with E-state index in [4.69, 9.17) is 24.4 Å². The van der Waals surface area contributed by atoms with Crippen LogP contribution in [0.15, 0.2) is 211 Å². The van der Waals surface area contributed by atoms with E-state index in [0.717, 1.165) is 77.1 Å². The summed E-state index contributed by atoms with van der Waals surface area (Å²) in [6.07, 6.45) is 0.674. The van der Waals surface area contributed by atoms with Crippen LogP contribution >= 0.6 is 0 Å². The lowest BCUT2D eigenvalue weighted by atomic mass is 9.78. The van der Waals surface area contributed by atoms with Gasteiger partial charge in [-0.3, -0.25) is 4.57 Å². The molecule has 1 atom stereocenters. The molecule has 1 aliphatic rings. The largest absolute Gasteiger partial charge is 0.439 e. The van der Waals surface area contributed by atoms with Gasteiger partial charge in [0.15, 0.2) is 17.2 Å². The van der Waals surface area contributed by atoms with Gasteiger partial charge >= 0.3 is 0 Å². The average molecular weight is 820 g/mol. The first kappa shape index (κ1) is 36.2. The van der Waals surface area contributed by atoms with E-state index in [-0.39, 0.29) is 5.92 Å². The summed E-state index contributed by atoms with van der Waals surface area (Å²) in [5.41, 5.74) is 14.8. The highest BCUT2D eigenvalue weighted by molar-refractivity contribution is 6.12. The monoisotopic (exact) mass is 819 g/mol. The van der Waals surface area contributed by atoms with Crippen molar-refractivity contribution >= 4 is 43.7 Å². The van der Waals surface area contributed by atoms with E-state index < -0.39 is 0 Å². The second kappa shape index (κ2) is 14.6. The number of rotatable bonds is 6. The molecule has 0 bridgehead atoms. The van der Waals surface area contributed by atoms with Crippen molar-refractivity contribution in [2.45, 2.75) is 12.3 Å². The highest BCUT2D eigenvalue weighted by atomic mass is 16.3. The Morgan fingerprint density at radius 1 is 0.438 bits per heavy atom. The number of fused-ring (bicyclic) bond motifs is 10. The van der Waals surface area contributed by atoms with Crippen molar-refractivity contribution in [2.75, 3.05) is 0 Å². The van der Waals surface area contributed by atoms with Crippen LogP contribution in [0.3, 0.4) is 0 Å². The molecule has 13 rings (SSSR count). The minimum atomic E-state index is -0.127. The average Bonchev–Trinajstić information content (AvgIpc) is 3.97. The molecule has 0 fully saturated rings. The standard InChI is InChI=1S/C58H37N5O/c1-3-15-36(16-4-1)39-20-13-22-41(33-39)55-60-56(42-23-14-21-40(34-42)37-17-5-2-6-18-37)62-58(61-55)63-52-28-12-11-27-47(52)48-31-30-46-44-25-9-10-26-45(44)50(35-49(46)53(48)63)57-59-51-32-29-38-19-7-8-24-43(38)54(51)64-57/h1-34,50H,35H2. The molecule has 1 aliphatic carbocycles. The van der Waals surface area contributed by atoms with Gasteiger partial charge in [-0.25, -0.2) is 9.97 Å². The smallest absolute Gasteiger partial charge is 0.238 e. The quantitative estimate of drug-likeness (QED) is 0.167. The fraction of sp³-hybridized carbons (Fsp3) is 0.0345. The lowest BCUT2D eigenvalue weighted by Gasteiger charge is -2.27. The highest BCUT2D eigenvalue weighted by Gasteiger charge is 2.33. The van der Waals surface area contributed by atoms with Crippen LogP contribution < -0.4 is 0 Å². The molecule has 3 heterocycles. The fourth-order valence-corrected chi connectivity index (χ4v) is 9.85. The number of aromatic nitrogens is 5. The van der Waals surface area contributed by atoms with Gasteiger partial charge in [0, 0.05) is 27.3 Å². The van der Waals surface area contributed by atoms with Gasteiger partial charge < -0.3 is 4.42 Å². The summed E-state index contributed by atoms with van der Waals surface area (Å²) in [4.78, 5) is 21.3. The summed E-state index contributed by atoms with van der Waals surface area (Å²) in [5.74, 6) is 2.34. The zero-order valence-electron chi connectivity index (χ0n) is 34.6. The Kier molecular flexibility index (Phi) is 8.24. The van der Waals surface area contributed by atoms with E-state index in [9.17, 15) is 0 Å². The van der Waals surface area contributed by atoms with Crippen LogP contribution in [0.25, 0.3) is 106 Å². The number of oxazole rings is 1. The maximum absolute atomic E-state index is 6.84. The van der Waals surface area contributed by atoms with E-state index in [1.165, 1.54) is 22.3 Å². The molecular formula is C58H37N5O. The third kappa shape index (κ3) is 5.87. The first-order valence-electron chi connectivity index (χ1n) is 21.7. The van der Waals surface area contributed by atoms with E-state index in [1.54, 1.807) is 0 Å². The number of benzene rings is 9. The predicted molar refractivity (Wildman–Crippen MR) is 258 cm³/mol. The van der Waals surface area contributed by atoms with Crippen molar-refractivity contribution in [1.82, 2.24) is 24.5 Å². The summed E-state index contributed by atoms with van der Waals surface area (Å²) in [7, 11) is 0.